The first-order chi connectivity index (χ1) is 8.50. The van der Waals surface area contributed by atoms with Gasteiger partial charge in [0.25, 0.3) is 0 Å². The van der Waals surface area contributed by atoms with Gasteiger partial charge in [-0.05, 0) is 19.3 Å². The number of nitrogens with zero attached hydrogens (tertiary/aromatic N) is 1. The van der Waals surface area contributed by atoms with Crippen LogP contribution < -0.4 is 5.32 Å². The molecule has 1 saturated heterocycles. The van der Waals surface area contributed by atoms with Crippen molar-refractivity contribution in [2.75, 3.05) is 26.3 Å². The maximum Gasteiger partial charge on any atom is 0.244 e. The highest BCUT2D eigenvalue weighted by Gasteiger charge is 2.25. The Morgan fingerprint density at radius 3 is 2.78 bits per heavy atom. The Balaban J connectivity index is 2.27. The van der Waals surface area contributed by atoms with Crippen molar-refractivity contribution >= 4 is 11.8 Å². The Labute approximate surface area is 109 Å². The number of carbonyl (C=O) groups excluding carboxylic acids is 2. The minimum Gasteiger partial charge on any atom is -0.380 e. The lowest BCUT2D eigenvalue weighted by molar-refractivity contribution is -0.133. The van der Waals surface area contributed by atoms with Crippen molar-refractivity contribution in [3.63, 3.8) is 0 Å². The zero-order valence-electron chi connectivity index (χ0n) is 11.6. The van der Waals surface area contributed by atoms with Gasteiger partial charge in [0.2, 0.25) is 11.8 Å². The van der Waals surface area contributed by atoms with Crippen molar-refractivity contribution in [1.29, 1.82) is 0 Å². The molecule has 1 aliphatic rings. The van der Waals surface area contributed by atoms with Crippen molar-refractivity contribution in [2.24, 2.45) is 5.92 Å². The largest absolute Gasteiger partial charge is 0.380 e. The van der Waals surface area contributed by atoms with Crippen LogP contribution in [0.1, 0.15) is 33.6 Å². The van der Waals surface area contributed by atoms with Crippen LogP contribution in [-0.2, 0) is 14.3 Å². The zero-order chi connectivity index (χ0) is 13.5. The van der Waals surface area contributed by atoms with Crippen LogP contribution in [0, 0.1) is 5.92 Å². The topological polar surface area (TPSA) is 58.6 Å². The van der Waals surface area contributed by atoms with Gasteiger partial charge in [-0.2, -0.15) is 0 Å². The van der Waals surface area contributed by atoms with Gasteiger partial charge in [0.15, 0.2) is 0 Å². The molecule has 5 heteroatoms. The highest BCUT2D eigenvalue weighted by atomic mass is 16.5. The predicted octanol–water partition coefficient (Wildman–Crippen LogP) is 0.786. The Kier molecular flexibility index (Phi) is 6.12. The first-order valence-electron chi connectivity index (χ1n) is 6.66. The summed E-state index contributed by atoms with van der Waals surface area (Å²) in [7, 11) is 0. The van der Waals surface area contributed by atoms with E-state index in [9.17, 15) is 9.59 Å². The molecule has 1 rings (SSSR count). The molecule has 1 fully saturated rings. The Hall–Kier alpha value is -1.10. The van der Waals surface area contributed by atoms with Gasteiger partial charge < -0.3 is 15.0 Å². The molecule has 1 aliphatic heterocycles. The summed E-state index contributed by atoms with van der Waals surface area (Å²) >= 11 is 0. The molecule has 0 aliphatic carbocycles. The third-order valence-corrected chi connectivity index (χ3v) is 3.01. The number of ether oxygens (including phenoxy) is 1. The van der Waals surface area contributed by atoms with Gasteiger partial charge >= 0.3 is 0 Å². The molecule has 18 heavy (non-hydrogen) atoms. The summed E-state index contributed by atoms with van der Waals surface area (Å²) in [6.45, 7) is 8.35. The van der Waals surface area contributed by atoms with Crippen LogP contribution in [0.2, 0.25) is 0 Å². The quantitative estimate of drug-likeness (QED) is 0.715. The number of hydrogen-bond acceptors (Lipinski definition) is 3. The molecule has 0 saturated carbocycles. The second kappa shape index (κ2) is 7.36. The smallest absolute Gasteiger partial charge is 0.244 e. The fourth-order valence-electron chi connectivity index (χ4n) is 1.81. The summed E-state index contributed by atoms with van der Waals surface area (Å²) in [5.41, 5.74) is 0. The van der Waals surface area contributed by atoms with E-state index in [1.807, 2.05) is 0 Å². The third-order valence-electron chi connectivity index (χ3n) is 3.01. The second-order valence-electron chi connectivity index (χ2n) is 5.16. The number of nitrogens with one attached hydrogen (secondary N) is 1. The van der Waals surface area contributed by atoms with Gasteiger partial charge in [-0.1, -0.05) is 13.8 Å². The van der Waals surface area contributed by atoms with E-state index in [1.165, 1.54) is 0 Å². The van der Waals surface area contributed by atoms with E-state index in [0.29, 0.717) is 32.0 Å². The van der Waals surface area contributed by atoms with Crippen molar-refractivity contribution in [1.82, 2.24) is 10.2 Å². The average molecular weight is 256 g/mol. The van der Waals surface area contributed by atoms with Crippen LogP contribution in [0.4, 0.5) is 0 Å². The minimum atomic E-state index is -0.421. The first kappa shape index (κ1) is 15.0. The van der Waals surface area contributed by atoms with Crippen molar-refractivity contribution in [2.45, 2.75) is 39.7 Å². The molecule has 0 spiro atoms. The normalized spacial score (nSPS) is 21.1. The Bertz CT molecular complexity index is 292. The lowest BCUT2D eigenvalue weighted by atomic mass is 10.1. The Morgan fingerprint density at radius 1 is 1.39 bits per heavy atom. The van der Waals surface area contributed by atoms with Gasteiger partial charge in [0.1, 0.15) is 6.04 Å². The Morgan fingerprint density at radius 2 is 2.11 bits per heavy atom. The second-order valence-corrected chi connectivity index (χ2v) is 5.16. The van der Waals surface area contributed by atoms with Crippen molar-refractivity contribution < 1.29 is 14.3 Å². The van der Waals surface area contributed by atoms with E-state index in [1.54, 1.807) is 11.8 Å². The van der Waals surface area contributed by atoms with Crippen LogP contribution in [0.3, 0.4) is 0 Å². The van der Waals surface area contributed by atoms with E-state index < -0.39 is 6.04 Å². The van der Waals surface area contributed by atoms with Crippen LogP contribution in [0.25, 0.3) is 0 Å². The fourth-order valence-corrected chi connectivity index (χ4v) is 1.81. The summed E-state index contributed by atoms with van der Waals surface area (Å²) in [5, 5.41) is 2.67. The maximum atomic E-state index is 11.9. The molecule has 5 nitrogen and oxygen atoms in total. The van der Waals surface area contributed by atoms with Gasteiger partial charge in [0.05, 0.1) is 6.61 Å². The van der Waals surface area contributed by atoms with Crippen LogP contribution in [0.5, 0.6) is 0 Å². The molecule has 0 aromatic heterocycles. The van der Waals surface area contributed by atoms with Crippen LogP contribution >= 0.6 is 0 Å². The summed E-state index contributed by atoms with van der Waals surface area (Å²) in [5.74, 6) is 0.555. The van der Waals surface area contributed by atoms with E-state index in [4.69, 9.17) is 4.74 Å². The van der Waals surface area contributed by atoms with E-state index in [2.05, 4.69) is 19.2 Å². The van der Waals surface area contributed by atoms with E-state index >= 15 is 0 Å². The standard InChI is InChI=1S/C13H24N2O3/c1-10(2)5-8-18-9-7-15-6-4-12(16)14-11(3)13(15)17/h10-11H,4-9H2,1-3H3,(H,14,16). The van der Waals surface area contributed by atoms with E-state index in [-0.39, 0.29) is 11.8 Å². The molecule has 0 radical (unpaired) electrons. The third kappa shape index (κ3) is 5.04. The first-order valence-corrected chi connectivity index (χ1v) is 6.66. The molecule has 1 unspecified atom stereocenters. The van der Waals surface area contributed by atoms with E-state index in [0.717, 1.165) is 13.0 Å². The molecule has 104 valence electrons. The fraction of sp³-hybridized carbons (Fsp3) is 0.846. The summed E-state index contributed by atoms with van der Waals surface area (Å²) < 4.78 is 5.50. The average Bonchev–Trinajstić information content (AvgIpc) is 2.41. The minimum absolute atomic E-state index is 0.0201. The zero-order valence-corrected chi connectivity index (χ0v) is 11.6. The number of rotatable bonds is 6. The molecule has 2 amide bonds. The number of amides is 2. The molecule has 0 aromatic carbocycles. The number of hydrogen-bond donors (Lipinski definition) is 1. The van der Waals surface area contributed by atoms with Crippen molar-refractivity contribution in [3.8, 4) is 0 Å². The molecule has 1 N–H and O–H groups in total. The lowest BCUT2D eigenvalue weighted by Gasteiger charge is -2.22. The molecule has 0 aromatic rings. The monoisotopic (exact) mass is 256 g/mol. The molecule has 1 atom stereocenters. The highest BCUT2D eigenvalue weighted by Crippen LogP contribution is 2.04. The van der Waals surface area contributed by atoms with Gasteiger partial charge in [0, 0.05) is 26.1 Å². The maximum absolute atomic E-state index is 11.9. The van der Waals surface area contributed by atoms with Crippen molar-refractivity contribution in [3.05, 3.63) is 0 Å². The van der Waals surface area contributed by atoms with Gasteiger partial charge in [-0.25, -0.2) is 0 Å². The van der Waals surface area contributed by atoms with Crippen LogP contribution in [0.15, 0.2) is 0 Å². The summed E-state index contributed by atoms with van der Waals surface area (Å²) in [4.78, 5) is 24.9. The highest BCUT2D eigenvalue weighted by molar-refractivity contribution is 5.89. The summed E-state index contributed by atoms with van der Waals surface area (Å²) in [6, 6.07) is -0.421. The molecule has 0 bridgehead atoms. The lowest BCUT2D eigenvalue weighted by Crippen LogP contribution is -2.43. The van der Waals surface area contributed by atoms with Gasteiger partial charge in [-0.15, -0.1) is 0 Å². The SMILES string of the molecule is CC(C)CCOCCN1CCC(=O)NC(C)C1=O. The predicted molar refractivity (Wildman–Crippen MR) is 69.1 cm³/mol. The van der Waals surface area contributed by atoms with Crippen LogP contribution in [-0.4, -0.2) is 49.1 Å². The van der Waals surface area contributed by atoms with Gasteiger partial charge in [-0.3, -0.25) is 9.59 Å². The number of carbonyl (C=O) groups is 2. The molecular weight excluding hydrogens is 232 g/mol. The summed E-state index contributed by atoms with van der Waals surface area (Å²) in [6.07, 6.45) is 1.41. The molecular formula is C13H24N2O3. The molecule has 1 heterocycles.